The quantitative estimate of drug-likeness (QED) is 0.506. The lowest BCUT2D eigenvalue weighted by atomic mass is 10.2. The highest BCUT2D eigenvalue weighted by Crippen LogP contribution is 2.26. The highest BCUT2D eigenvalue weighted by molar-refractivity contribution is 14.1. The Balaban J connectivity index is 3.09. The maximum absolute atomic E-state index is 11.4. The van der Waals surface area contributed by atoms with E-state index in [1.54, 1.807) is 19.1 Å². The molecule has 0 atom stereocenters. The van der Waals surface area contributed by atoms with Crippen molar-refractivity contribution in [3.8, 4) is 0 Å². The third-order valence-electron chi connectivity index (χ3n) is 1.53. The Kier molecular flexibility index (Phi) is 4.53. The van der Waals surface area contributed by atoms with Gasteiger partial charge in [0.2, 0.25) is 0 Å². The van der Waals surface area contributed by atoms with E-state index in [2.05, 4.69) is 12.6 Å². The summed E-state index contributed by atoms with van der Waals surface area (Å²) in [6.07, 6.45) is 0. The summed E-state index contributed by atoms with van der Waals surface area (Å²) in [5.74, 6) is -0.344. The number of hydrogen-bond donors (Lipinski definition) is 1. The minimum atomic E-state index is -0.344. The van der Waals surface area contributed by atoms with Gasteiger partial charge in [-0.05, 0) is 41.6 Å². The van der Waals surface area contributed by atoms with Crippen molar-refractivity contribution in [3.63, 3.8) is 0 Å². The molecule has 0 unspecified atom stereocenters. The van der Waals surface area contributed by atoms with E-state index in [1.807, 2.05) is 22.6 Å². The number of rotatable bonds is 2. The van der Waals surface area contributed by atoms with Crippen LogP contribution in [0.1, 0.15) is 17.3 Å². The van der Waals surface area contributed by atoms with Crippen LogP contribution < -0.4 is 0 Å². The molecule has 0 radical (unpaired) electrons. The van der Waals surface area contributed by atoms with Crippen molar-refractivity contribution in [1.29, 1.82) is 0 Å². The van der Waals surface area contributed by atoms with Gasteiger partial charge in [-0.3, -0.25) is 0 Å². The summed E-state index contributed by atoms with van der Waals surface area (Å²) in [5.41, 5.74) is 0.502. The van der Waals surface area contributed by atoms with Crippen molar-refractivity contribution in [3.05, 3.63) is 26.3 Å². The van der Waals surface area contributed by atoms with Crippen LogP contribution in [0.25, 0.3) is 0 Å². The summed E-state index contributed by atoms with van der Waals surface area (Å²) >= 11 is 12.0. The molecule has 2 nitrogen and oxygen atoms in total. The summed E-state index contributed by atoms with van der Waals surface area (Å²) < 4.78 is 5.65. The Labute approximate surface area is 107 Å². The van der Waals surface area contributed by atoms with E-state index in [1.165, 1.54) is 0 Å². The fraction of sp³-hybridized carbons (Fsp3) is 0.222. The van der Waals surface area contributed by atoms with Crippen LogP contribution >= 0.6 is 46.8 Å². The lowest BCUT2D eigenvalue weighted by Crippen LogP contribution is -2.06. The average molecular weight is 343 g/mol. The molecule has 1 rings (SSSR count). The molecule has 0 saturated carbocycles. The Morgan fingerprint density at radius 2 is 2.29 bits per heavy atom. The molecule has 0 bridgehead atoms. The number of hydrogen-bond acceptors (Lipinski definition) is 3. The number of thiol groups is 1. The molecule has 0 fully saturated rings. The molecule has 0 heterocycles. The minimum Gasteiger partial charge on any atom is -0.462 e. The first kappa shape index (κ1) is 12.1. The van der Waals surface area contributed by atoms with Crippen LogP contribution in [0.5, 0.6) is 0 Å². The fourth-order valence-corrected chi connectivity index (χ4v) is 2.13. The minimum absolute atomic E-state index is 0.344. The first-order valence-electron chi connectivity index (χ1n) is 3.91. The number of ether oxygens (including phenoxy) is 1. The van der Waals surface area contributed by atoms with E-state index >= 15 is 0 Å². The predicted molar refractivity (Wildman–Crippen MR) is 67.4 cm³/mol. The van der Waals surface area contributed by atoms with Crippen LogP contribution in [0.3, 0.4) is 0 Å². The van der Waals surface area contributed by atoms with Gasteiger partial charge < -0.3 is 4.74 Å². The number of carbonyl (C=O) groups excluding carboxylic acids is 1. The van der Waals surface area contributed by atoms with Gasteiger partial charge in [0.05, 0.1) is 17.2 Å². The molecule has 0 N–H and O–H groups in total. The van der Waals surface area contributed by atoms with Gasteiger partial charge in [-0.1, -0.05) is 11.6 Å². The van der Waals surface area contributed by atoms with Gasteiger partial charge in [0.15, 0.2) is 0 Å². The SMILES string of the molecule is CCOC(=O)c1cc(S)c(Cl)cc1I. The summed E-state index contributed by atoms with van der Waals surface area (Å²) in [4.78, 5) is 12.0. The molecule has 0 aliphatic heterocycles. The van der Waals surface area contributed by atoms with Crippen molar-refractivity contribution in [1.82, 2.24) is 0 Å². The van der Waals surface area contributed by atoms with Crippen molar-refractivity contribution >= 4 is 52.8 Å². The number of halogens is 2. The zero-order valence-electron chi connectivity index (χ0n) is 7.38. The molecule has 0 spiro atoms. The molecular formula is C9H8ClIO2S. The van der Waals surface area contributed by atoms with E-state index in [-0.39, 0.29) is 5.97 Å². The molecule has 0 aliphatic carbocycles. The van der Waals surface area contributed by atoms with E-state index < -0.39 is 0 Å². The van der Waals surface area contributed by atoms with Gasteiger partial charge in [-0.15, -0.1) is 12.6 Å². The molecule has 76 valence electrons. The molecule has 5 heteroatoms. The molecule has 1 aromatic rings. The second-order valence-electron chi connectivity index (χ2n) is 2.50. The second kappa shape index (κ2) is 5.23. The van der Waals surface area contributed by atoms with Gasteiger partial charge in [-0.2, -0.15) is 0 Å². The Morgan fingerprint density at radius 3 is 2.86 bits per heavy atom. The van der Waals surface area contributed by atoms with Gasteiger partial charge in [0, 0.05) is 8.47 Å². The summed E-state index contributed by atoms with van der Waals surface area (Å²) in [5, 5.41) is 0.533. The monoisotopic (exact) mass is 342 g/mol. The van der Waals surface area contributed by atoms with Crippen LogP contribution in [0.4, 0.5) is 0 Å². The van der Waals surface area contributed by atoms with E-state index in [0.29, 0.717) is 22.1 Å². The number of benzene rings is 1. The topological polar surface area (TPSA) is 26.3 Å². The largest absolute Gasteiger partial charge is 0.462 e. The van der Waals surface area contributed by atoms with E-state index in [9.17, 15) is 4.79 Å². The maximum atomic E-state index is 11.4. The summed E-state index contributed by atoms with van der Waals surface area (Å²) in [6.45, 7) is 2.13. The van der Waals surface area contributed by atoms with Crippen molar-refractivity contribution in [2.75, 3.05) is 6.61 Å². The van der Waals surface area contributed by atoms with Gasteiger partial charge >= 0.3 is 5.97 Å². The van der Waals surface area contributed by atoms with Crippen LogP contribution in [-0.2, 0) is 4.74 Å². The van der Waals surface area contributed by atoms with Crippen LogP contribution in [0.15, 0.2) is 17.0 Å². The van der Waals surface area contributed by atoms with Crippen LogP contribution in [0.2, 0.25) is 5.02 Å². The Hall–Kier alpha value is 0.0600. The number of esters is 1. The number of carbonyl (C=O) groups is 1. The standard InChI is InChI=1S/C9H8ClIO2S/c1-2-13-9(12)5-3-8(14)6(10)4-7(5)11/h3-4,14H,2H2,1H3. The van der Waals surface area contributed by atoms with Crippen LogP contribution in [-0.4, -0.2) is 12.6 Å². The third-order valence-corrected chi connectivity index (χ3v) is 3.24. The molecule has 0 aliphatic rings. The van der Waals surface area contributed by atoms with Crippen molar-refractivity contribution in [2.45, 2.75) is 11.8 Å². The normalized spacial score (nSPS) is 10.0. The van der Waals surface area contributed by atoms with Crippen LogP contribution in [0, 0.1) is 3.57 Å². The zero-order valence-corrected chi connectivity index (χ0v) is 11.2. The molecule has 1 aromatic carbocycles. The van der Waals surface area contributed by atoms with E-state index in [4.69, 9.17) is 16.3 Å². The molecule has 0 saturated heterocycles. The summed E-state index contributed by atoms with van der Waals surface area (Å²) in [6, 6.07) is 3.31. The van der Waals surface area contributed by atoms with E-state index in [0.717, 1.165) is 3.57 Å². The van der Waals surface area contributed by atoms with Gasteiger partial charge in [0.1, 0.15) is 0 Å². The van der Waals surface area contributed by atoms with Gasteiger partial charge in [0.25, 0.3) is 0 Å². The zero-order chi connectivity index (χ0) is 10.7. The fourth-order valence-electron chi connectivity index (χ4n) is 0.903. The predicted octanol–water partition coefficient (Wildman–Crippen LogP) is 3.41. The molecule has 0 amide bonds. The summed E-state index contributed by atoms with van der Waals surface area (Å²) in [7, 11) is 0. The van der Waals surface area contributed by atoms with Crippen molar-refractivity contribution in [2.24, 2.45) is 0 Å². The molecular weight excluding hydrogens is 335 g/mol. The Morgan fingerprint density at radius 1 is 1.64 bits per heavy atom. The highest BCUT2D eigenvalue weighted by atomic mass is 127. The van der Waals surface area contributed by atoms with Gasteiger partial charge in [-0.25, -0.2) is 4.79 Å². The third kappa shape index (κ3) is 2.77. The van der Waals surface area contributed by atoms with Crippen molar-refractivity contribution < 1.29 is 9.53 Å². The Bertz CT molecular complexity index is 368. The first-order valence-corrected chi connectivity index (χ1v) is 5.81. The molecule has 0 aromatic heterocycles. The maximum Gasteiger partial charge on any atom is 0.339 e. The smallest absolute Gasteiger partial charge is 0.339 e. The second-order valence-corrected chi connectivity index (χ2v) is 4.56. The lowest BCUT2D eigenvalue weighted by Gasteiger charge is -2.06. The average Bonchev–Trinajstić information content (AvgIpc) is 2.11. The molecule has 14 heavy (non-hydrogen) atoms. The highest BCUT2D eigenvalue weighted by Gasteiger charge is 2.12. The first-order chi connectivity index (χ1) is 6.56. The lowest BCUT2D eigenvalue weighted by molar-refractivity contribution is 0.0525.